The molecule has 0 aliphatic heterocycles. The van der Waals surface area contributed by atoms with Crippen LogP contribution in [0.5, 0.6) is 0 Å². The van der Waals surface area contributed by atoms with Crippen molar-refractivity contribution in [1.82, 2.24) is 9.55 Å². The number of hydrogen-bond donors (Lipinski definition) is 0. The summed E-state index contributed by atoms with van der Waals surface area (Å²) < 4.78 is 2.45. The zero-order chi connectivity index (χ0) is 30.2. The lowest BCUT2D eigenvalue weighted by atomic mass is 9.82. The molecule has 214 valence electrons. The van der Waals surface area contributed by atoms with Crippen molar-refractivity contribution in [1.29, 1.82) is 0 Å². The van der Waals surface area contributed by atoms with Crippen molar-refractivity contribution in [3.63, 3.8) is 0 Å². The quantitative estimate of drug-likeness (QED) is 0.190. The molecule has 6 aromatic carbocycles. The van der Waals surface area contributed by atoms with E-state index < -0.39 is 0 Å². The lowest BCUT2D eigenvalue weighted by molar-refractivity contribution is 0.640. The van der Waals surface area contributed by atoms with E-state index in [-0.39, 0.29) is 10.8 Å². The third-order valence-corrected chi connectivity index (χ3v) is 10.9. The Balaban J connectivity index is 1.37. The third-order valence-electron chi connectivity index (χ3n) is 10.9. The molecule has 45 heavy (non-hydrogen) atoms. The van der Waals surface area contributed by atoms with Crippen molar-refractivity contribution in [3.05, 3.63) is 144 Å². The molecule has 0 radical (unpaired) electrons. The van der Waals surface area contributed by atoms with Gasteiger partial charge in [-0.3, -0.25) is 0 Å². The molecule has 0 atom stereocenters. The van der Waals surface area contributed by atoms with Crippen molar-refractivity contribution in [3.8, 4) is 27.9 Å². The molecule has 0 amide bonds. The van der Waals surface area contributed by atoms with Crippen LogP contribution in [0, 0.1) is 0 Å². The first-order valence-corrected chi connectivity index (χ1v) is 16.0. The maximum Gasteiger partial charge on any atom is 0.0967 e. The predicted molar refractivity (Wildman–Crippen MR) is 189 cm³/mol. The molecule has 2 aliphatic rings. The summed E-state index contributed by atoms with van der Waals surface area (Å²) in [6.45, 7) is 9.44. The zero-order valence-corrected chi connectivity index (χ0v) is 25.9. The molecule has 0 unspecified atom stereocenters. The van der Waals surface area contributed by atoms with Crippen molar-refractivity contribution in [2.45, 2.75) is 38.5 Å². The molecule has 8 aromatic rings. The van der Waals surface area contributed by atoms with Crippen LogP contribution in [-0.4, -0.2) is 9.55 Å². The summed E-state index contributed by atoms with van der Waals surface area (Å²) >= 11 is 0. The highest BCUT2D eigenvalue weighted by atomic mass is 15.0. The fourth-order valence-electron chi connectivity index (χ4n) is 8.65. The Kier molecular flexibility index (Phi) is 4.63. The molecule has 0 bridgehead atoms. The van der Waals surface area contributed by atoms with Crippen molar-refractivity contribution in [2.24, 2.45) is 0 Å². The summed E-state index contributed by atoms with van der Waals surface area (Å²) in [5.74, 6) is 0. The van der Waals surface area contributed by atoms with Gasteiger partial charge in [-0.15, -0.1) is 0 Å². The normalized spacial score (nSPS) is 15.5. The van der Waals surface area contributed by atoms with Crippen LogP contribution in [0.1, 0.15) is 50.1 Å². The molecule has 2 heterocycles. The highest BCUT2D eigenvalue weighted by molar-refractivity contribution is 6.14. The van der Waals surface area contributed by atoms with E-state index in [9.17, 15) is 0 Å². The predicted octanol–water partition coefficient (Wildman–Crippen LogP) is 11.1. The average molecular weight is 577 g/mol. The van der Waals surface area contributed by atoms with Gasteiger partial charge < -0.3 is 4.57 Å². The van der Waals surface area contributed by atoms with Gasteiger partial charge in [0.1, 0.15) is 0 Å². The summed E-state index contributed by atoms with van der Waals surface area (Å²) in [4.78, 5) is 5.66. The van der Waals surface area contributed by atoms with E-state index >= 15 is 0 Å². The highest BCUT2D eigenvalue weighted by Gasteiger charge is 2.40. The number of para-hydroxylation sites is 1. The fourth-order valence-corrected chi connectivity index (χ4v) is 8.65. The standard InChI is InChI=1S/C43H32N2/c1-42(2)33-20-18-25-12-8-10-16-28(25)38(33)30-22-31-36(24-35(30)42)45(27-14-6-5-7-15-27)37-23-32-39-29-17-11-9-13-26(29)19-21-34(39)43(3,4)41(32)44-40(31)37/h5-24H,1-4H3. The second kappa shape index (κ2) is 8.28. The van der Waals surface area contributed by atoms with Gasteiger partial charge in [0.25, 0.3) is 0 Å². The summed E-state index contributed by atoms with van der Waals surface area (Å²) in [6.07, 6.45) is 0. The highest BCUT2D eigenvalue weighted by Crippen LogP contribution is 2.55. The molecule has 2 nitrogen and oxygen atoms in total. The second-order valence-electron chi connectivity index (χ2n) is 14.0. The van der Waals surface area contributed by atoms with Crippen LogP contribution in [0.15, 0.2) is 121 Å². The Bertz CT molecular complexity index is 2580. The lowest BCUT2D eigenvalue weighted by Gasteiger charge is -2.22. The minimum Gasteiger partial charge on any atom is -0.308 e. The number of fused-ring (bicyclic) bond motifs is 13. The number of hydrogen-bond acceptors (Lipinski definition) is 1. The number of aromatic nitrogens is 2. The summed E-state index contributed by atoms with van der Waals surface area (Å²) in [5.41, 5.74) is 14.9. The van der Waals surface area contributed by atoms with Crippen LogP contribution in [-0.2, 0) is 10.8 Å². The lowest BCUT2D eigenvalue weighted by Crippen LogP contribution is -2.16. The first kappa shape index (κ1) is 25.2. The van der Waals surface area contributed by atoms with Gasteiger partial charge in [0.2, 0.25) is 0 Å². The van der Waals surface area contributed by atoms with E-state index in [4.69, 9.17) is 4.98 Å². The minimum atomic E-state index is -0.203. The first-order valence-electron chi connectivity index (χ1n) is 16.0. The molecule has 0 fully saturated rings. The molecule has 2 aromatic heterocycles. The minimum absolute atomic E-state index is 0.115. The molecule has 2 heteroatoms. The van der Waals surface area contributed by atoms with Crippen LogP contribution in [0.3, 0.4) is 0 Å². The maximum atomic E-state index is 5.66. The van der Waals surface area contributed by atoms with Crippen LogP contribution in [0.2, 0.25) is 0 Å². The van der Waals surface area contributed by atoms with E-state index in [2.05, 4.69) is 154 Å². The van der Waals surface area contributed by atoms with E-state index in [0.717, 1.165) is 16.7 Å². The van der Waals surface area contributed by atoms with Gasteiger partial charge in [0.05, 0.1) is 22.2 Å². The van der Waals surface area contributed by atoms with Crippen molar-refractivity contribution in [2.75, 3.05) is 0 Å². The number of rotatable bonds is 1. The van der Waals surface area contributed by atoms with Crippen molar-refractivity contribution < 1.29 is 0 Å². The number of nitrogens with zero attached hydrogens (tertiary/aromatic N) is 2. The Morgan fingerprint density at radius 2 is 1.09 bits per heavy atom. The van der Waals surface area contributed by atoms with E-state index in [1.54, 1.807) is 0 Å². The average Bonchev–Trinajstić information content (AvgIpc) is 3.59. The maximum absolute atomic E-state index is 5.66. The molecular weight excluding hydrogens is 544 g/mol. The Morgan fingerprint density at radius 3 is 1.78 bits per heavy atom. The summed E-state index contributed by atoms with van der Waals surface area (Å²) in [5, 5.41) is 6.39. The molecule has 2 aliphatic carbocycles. The van der Waals surface area contributed by atoms with Crippen LogP contribution >= 0.6 is 0 Å². The molecule has 0 spiro atoms. The van der Waals surface area contributed by atoms with Crippen LogP contribution in [0.4, 0.5) is 0 Å². The first-order chi connectivity index (χ1) is 21.8. The van der Waals surface area contributed by atoms with Crippen molar-refractivity contribution >= 4 is 43.5 Å². The third kappa shape index (κ3) is 3.07. The van der Waals surface area contributed by atoms with Gasteiger partial charge >= 0.3 is 0 Å². The second-order valence-corrected chi connectivity index (χ2v) is 14.0. The Labute approximate surface area is 262 Å². The number of pyridine rings is 1. The monoisotopic (exact) mass is 576 g/mol. The molecule has 0 saturated carbocycles. The topological polar surface area (TPSA) is 17.8 Å². The van der Waals surface area contributed by atoms with E-state index in [1.165, 1.54) is 77.1 Å². The zero-order valence-electron chi connectivity index (χ0n) is 25.9. The molecular formula is C43H32N2. The largest absolute Gasteiger partial charge is 0.308 e. The SMILES string of the molecule is CC1(C)c2cc3c(cc2-c2c1ccc1ccccc21)c1nc2c(cc1n3-c1ccccc1)-c1c(ccc3ccccc13)C2(C)C. The summed E-state index contributed by atoms with van der Waals surface area (Å²) in [7, 11) is 0. The van der Waals surface area contributed by atoms with Gasteiger partial charge in [-0.05, 0) is 85.3 Å². The Morgan fingerprint density at radius 1 is 0.489 bits per heavy atom. The molecule has 0 saturated heterocycles. The van der Waals surface area contributed by atoms with Gasteiger partial charge in [0.15, 0.2) is 0 Å². The Hall–Kier alpha value is -5.21. The van der Waals surface area contributed by atoms with Gasteiger partial charge in [-0.1, -0.05) is 119 Å². The van der Waals surface area contributed by atoms with Crippen LogP contribution < -0.4 is 0 Å². The smallest absolute Gasteiger partial charge is 0.0967 e. The molecule has 0 N–H and O–H groups in total. The van der Waals surface area contributed by atoms with Crippen LogP contribution in [0.25, 0.3) is 71.4 Å². The molecule has 10 rings (SSSR count). The van der Waals surface area contributed by atoms with Gasteiger partial charge in [-0.25, -0.2) is 4.98 Å². The van der Waals surface area contributed by atoms with E-state index in [0.29, 0.717) is 0 Å². The summed E-state index contributed by atoms with van der Waals surface area (Å²) in [6, 6.07) is 45.0. The van der Waals surface area contributed by atoms with E-state index in [1.807, 2.05) is 0 Å². The fraction of sp³-hybridized carbons (Fsp3) is 0.140. The van der Waals surface area contributed by atoms with Gasteiger partial charge in [0, 0.05) is 27.5 Å². The van der Waals surface area contributed by atoms with Gasteiger partial charge in [-0.2, -0.15) is 0 Å². The number of benzene rings is 6.